The van der Waals surface area contributed by atoms with Crippen LogP contribution in [-0.4, -0.2) is 42.3 Å². The standard InChI is InChI=1S/C23H36O5/c1-3-7-21(24)28-20-11-6-10-16-8-5-9-17(23(16)20)12-13-18-14-19(26-4-2)15-22(25)27-18/h5,8,10,17-20,22-23,25H,3-4,6-7,9,11-15H2,1-2H3. The maximum atomic E-state index is 12.1. The molecule has 1 fully saturated rings. The lowest BCUT2D eigenvalue weighted by Gasteiger charge is -2.40. The number of carbonyl (C=O) groups is 1. The Bertz CT molecular complexity index is 569. The fraction of sp³-hybridized carbons (Fsp3) is 0.783. The van der Waals surface area contributed by atoms with E-state index in [9.17, 15) is 9.90 Å². The number of rotatable bonds is 8. The molecule has 3 aliphatic rings. The van der Waals surface area contributed by atoms with E-state index < -0.39 is 6.29 Å². The molecule has 0 saturated carbocycles. The Morgan fingerprint density at radius 2 is 2.14 bits per heavy atom. The van der Waals surface area contributed by atoms with Crippen molar-refractivity contribution in [3.63, 3.8) is 0 Å². The van der Waals surface area contributed by atoms with Crippen molar-refractivity contribution in [1.82, 2.24) is 0 Å². The Labute approximate surface area is 169 Å². The summed E-state index contributed by atoms with van der Waals surface area (Å²) in [6.07, 6.45) is 13.7. The van der Waals surface area contributed by atoms with E-state index >= 15 is 0 Å². The zero-order valence-corrected chi connectivity index (χ0v) is 17.3. The molecule has 158 valence electrons. The second-order valence-electron chi connectivity index (χ2n) is 8.32. The molecule has 5 heteroatoms. The number of fused-ring (bicyclic) bond motifs is 1. The average molecular weight is 393 g/mol. The van der Waals surface area contributed by atoms with Crippen molar-refractivity contribution in [1.29, 1.82) is 0 Å². The molecule has 3 rings (SSSR count). The number of aliphatic hydroxyl groups is 1. The highest BCUT2D eigenvalue weighted by molar-refractivity contribution is 5.69. The van der Waals surface area contributed by atoms with Crippen LogP contribution < -0.4 is 0 Å². The Hall–Kier alpha value is -1.17. The molecule has 0 aromatic heterocycles. The van der Waals surface area contributed by atoms with E-state index in [1.807, 2.05) is 13.8 Å². The molecule has 2 aliphatic carbocycles. The smallest absolute Gasteiger partial charge is 0.306 e. The lowest BCUT2D eigenvalue weighted by atomic mass is 9.70. The van der Waals surface area contributed by atoms with Gasteiger partial charge in [-0.05, 0) is 56.9 Å². The molecule has 0 radical (unpaired) electrons. The van der Waals surface area contributed by atoms with Gasteiger partial charge in [-0.15, -0.1) is 0 Å². The average Bonchev–Trinajstić information content (AvgIpc) is 2.66. The zero-order valence-electron chi connectivity index (χ0n) is 17.3. The van der Waals surface area contributed by atoms with Crippen molar-refractivity contribution in [2.45, 2.75) is 96.2 Å². The molecule has 6 unspecified atom stereocenters. The Balaban J connectivity index is 1.60. The molecule has 0 amide bonds. The summed E-state index contributed by atoms with van der Waals surface area (Å²) in [7, 11) is 0. The molecule has 1 aliphatic heterocycles. The van der Waals surface area contributed by atoms with Gasteiger partial charge in [0.05, 0.1) is 12.2 Å². The first-order valence-electron chi connectivity index (χ1n) is 11.1. The lowest BCUT2D eigenvalue weighted by Crippen LogP contribution is -2.39. The van der Waals surface area contributed by atoms with E-state index in [1.165, 1.54) is 5.57 Å². The van der Waals surface area contributed by atoms with Crippen LogP contribution in [0, 0.1) is 11.8 Å². The highest BCUT2D eigenvalue weighted by atomic mass is 16.6. The Kier molecular flexibility index (Phi) is 8.12. The summed E-state index contributed by atoms with van der Waals surface area (Å²) in [6, 6.07) is 0. The molecule has 1 heterocycles. The number of ether oxygens (including phenoxy) is 3. The van der Waals surface area contributed by atoms with Gasteiger partial charge in [0.1, 0.15) is 6.10 Å². The van der Waals surface area contributed by atoms with Crippen molar-refractivity contribution in [2.24, 2.45) is 11.8 Å². The molecule has 28 heavy (non-hydrogen) atoms. The van der Waals surface area contributed by atoms with E-state index in [1.54, 1.807) is 0 Å². The number of esters is 1. The first-order valence-corrected chi connectivity index (χ1v) is 11.1. The highest BCUT2D eigenvalue weighted by Gasteiger charge is 2.38. The molecule has 6 atom stereocenters. The fourth-order valence-corrected chi connectivity index (χ4v) is 4.99. The van der Waals surface area contributed by atoms with Crippen molar-refractivity contribution < 1.29 is 24.1 Å². The molecular formula is C23H36O5. The summed E-state index contributed by atoms with van der Waals surface area (Å²) in [4.78, 5) is 12.1. The Morgan fingerprint density at radius 3 is 2.93 bits per heavy atom. The number of hydrogen-bond acceptors (Lipinski definition) is 5. The van der Waals surface area contributed by atoms with Gasteiger partial charge in [-0.2, -0.15) is 0 Å². The number of carbonyl (C=O) groups excluding carboxylic acids is 1. The molecule has 0 spiro atoms. The SMILES string of the molecule is CCCC(=O)OC1CCC=C2C=CCC(CCC3CC(OCC)CC(O)O3)C21. The van der Waals surface area contributed by atoms with Crippen LogP contribution in [0.25, 0.3) is 0 Å². The monoisotopic (exact) mass is 392 g/mol. The van der Waals surface area contributed by atoms with Gasteiger partial charge in [-0.1, -0.05) is 25.2 Å². The third kappa shape index (κ3) is 5.68. The minimum atomic E-state index is -0.727. The molecule has 1 N–H and O–H groups in total. The van der Waals surface area contributed by atoms with Crippen molar-refractivity contribution in [2.75, 3.05) is 6.61 Å². The van der Waals surface area contributed by atoms with E-state index in [0.717, 1.165) is 44.9 Å². The van der Waals surface area contributed by atoms with Crippen LogP contribution in [0.4, 0.5) is 0 Å². The quantitative estimate of drug-likeness (QED) is 0.624. The summed E-state index contributed by atoms with van der Waals surface area (Å²) in [5.41, 5.74) is 1.33. The van der Waals surface area contributed by atoms with Crippen molar-refractivity contribution in [3.05, 3.63) is 23.8 Å². The van der Waals surface area contributed by atoms with Crippen LogP contribution in [0.15, 0.2) is 23.8 Å². The van der Waals surface area contributed by atoms with Gasteiger partial charge in [-0.3, -0.25) is 4.79 Å². The number of allylic oxidation sites excluding steroid dienone is 3. The number of hydrogen-bond donors (Lipinski definition) is 1. The topological polar surface area (TPSA) is 65.0 Å². The predicted molar refractivity (Wildman–Crippen MR) is 108 cm³/mol. The molecule has 5 nitrogen and oxygen atoms in total. The van der Waals surface area contributed by atoms with Gasteiger partial charge < -0.3 is 19.3 Å². The van der Waals surface area contributed by atoms with E-state index in [0.29, 0.717) is 25.4 Å². The Morgan fingerprint density at radius 1 is 1.29 bits per heavy atom. The predicted octanol–water partition coefficient (Wildman–Crippen LogP) is 4.29. The second-order valence-corrected chi connectivity index (χ2v) is 8.32. The minimum absolute atomic E-state index is 0.0111. The van der Waals surface area contributed by atoms with Gasteiger partial charge in [0.2, 0.25) is 0 Å². The summed E-state index contributed by atoms with van der Waals surface area (Å²) in [6.45, 7) is 4.66. The van der Waals surface area contributed by atoms with Gasteiger partial charge in [0, 0.05) is 31.8 Å². The molecular weight excluding hydrogens is 356 g/mol. The van der Waals surface area contributed by atoms with Crippen molar-refractivity contribution in [3.8, 4) is 0 Å². The van der Waals surface area contributed by atoms with Gasteiger partial charge >= 0.3 is 5.97 Å². The summed E-state index contributed by atoms with van der Waals surface area (Å²) >= 11 is 0. The third-order valence-corrected chi connectivity index (χ3v) is 6.21. The maximum absolute atomic E-state index is 12.1. The summed E-state index contributed by atoms with van der Waals surface area (Å²) in [5.74, 6) is 0.667. The van der Waals surface area contributed by atoms with E-state index in [2.05, 4.69) is 18.2 Å². The largest absolute Gasteiger partial charge is 0.462 e. The van der Waals surface area contributed by atoms with Crippen LogP contribution in [0.2, 0.25) is 0 Å². The van der Waals surface area contributed by atoms with Gasteiger partial charge in [0.25, 0.3) is 0 Å². The normalized spacial score (nSPS) is 35.2. The zero-order chi connectivity index (χ0) is 19.9. The van der Waals surface area contributed by atoms with E-state index in [-0.39, 0.29) is 30.2 Å². The van der Waals surface area contributed by atoms with Crippen LogP contribution in [0.3, 0.4) is 0 Å². The van der Waals surface area contributed by atoms with Gasteiger partial charge in [-0.25, -0.2) is 0 Å². The fourth-order valence-electron chi connectivity index (χ4n) is 4.99. The van der Waals surface area contributed by atoms with Crippen LogP contribution in [0.1, 0.15) is 71.6 Å². The number of aliphatic hydroxyl groups excluding tert-OH is 1. The van der Waals surface area contributed by atoms with Crippen LogP contribution in [0.5, 0.6) is 0 Å². The third-order valence-electron chi connectivity index (χ3n) is 6.21. The first kappa shape index (κ1) is 21.5. The van der Waals surface area contributed by atoms with E-state index in [4.69, 9.17) is 14.2 Å². The lowest BCUT2D eigenvalue weighted by molar-refractivity contribution is -0.199. The molecule has 0 bridgehead atoms. The first-order chi connectivity index (χ1) is 13.6. The minimum Gasteiger partial charge on any atom is -0.462 e. The maximum Gasteiger partial charge on any atom is 0.306 e. The summed E-state index contributed by atoms with van der Waals surface area (Å²) < 4.78 is 17.4. The van der Waals surface area contributed by atoms with Crippen LogP contribution >= 0.6 is 0 Å². The van der Waals surface area contributed by atoms with Gasteiger partial charge in [0.15, 0.2) is 6.29 Å². The second kappa shape index (κ2) is 10.6. The molecule has 0 aromatic rings. The molecule has 0 aromatic carbocycles. The van der Waals surface area contributed by atoms with Crippen LogP contribution in [-0.2, 0) is 19.0 Å². The van der Waals surface area contributed by atoms with Crippen molar-refractivity contribution >= 4 is 5.97 Å². The highest BCUT2D eigenvalue weighted by Crippen LogP contribution is 2.42. The molecule has 1 saturated heterocycles. The summed E-state index contributed by atoms with van der Waals surface area (Å²) in [5, 5.41) is 10.0.